The Bertz CT molecular complexity index is 936. The summed E-state index contributed by atoms with van der Waals surface area (Å²) in [5.41, 5.74) is -1.09. The first-order valence-corrected chi connectivity index (χ1v) is 10.8. The van der Waals surface area contributed by atoms with E-state index < -0.39 is 17.4 Å². The van der Waals surface area contributed by atoms with Gasteiger partial charge in [-0.1, -0.05) is 19.3 Å². The molecule has 1 saturated carbocycles. The third-order valence-corrected chi connectivity index (χ3v) is 5.59. The summed E-state index contributed by atoms with van der Waals surface area (Å²) in [5, 5.41) is 8.79. The van der Waals surface area contributed by atoms with Crippen molar-refractivity contribution in [1.29, 1.82) is 0 Å². The highest BCUT2D eigenvalue weighted by Crippen LogP contribution is 2.38. The van der Waals surface area contributed by atoms with Gasteiger partial charge in [-0.05, 0) is 36.2 Å². The Balaban J connectivity index is 0.000000193. The van der Waals surface area contributed by atoms with E-state index in [0.29, 0.717) is 5.69 Å². The number of anilines is 2. The van der Waals surface area contributed by atoms with Gasteiger partial charge in [0.05, 0.1) is 5.56 Å². The number of aromatic amines is 1. The Morgan fingerprint density at radius 1 is 1.03 bits per heavy atom. The van der Waals surface area contributed by atoms with Gasteiger partial charge in [-0.2, -0.15) is 13.2 Å². The van der Waals surface area contributed by atoms with Gasteiger partial charge in [0.1, 0.15) is 11.5 Å². The Kier molecular flexibility index (Phi) is 8.26. The van der Waals surface area contributed by atoms with Crippen LogP contribution in [0.5, 0.6) is 0 Å². The van der Waals surface area contributed by atoms with Crippen LogP contribution in [0.25, 0.3) is 0 Å². The van der Waals surface area contributed by atoms with E-state index in [2.05, 4.69) is 25.7 Å². The van der Waals surface area contributed by atoms with E-state index in [4.69, 9.17) is 0 Å². The van der Waals surface area contributed by atoms with Crippen molar-refractivity contribution in [2.75, 3.05) is 36.4 Å². The van der Waals surface area contributed by atoms with Gasteiger partial charge in [0.2, 0.25) is 0 Å². The number of alkyl halides is 3. The van der Waals surface area contributed by atoms with Crippen LogP contribution in [0.4, 0.5) is 30.4 Å². The molecule has 2 aliphatic rings. The third kappa shape index (κ3) is 6.81. The van der Waals surface area contributed by atoms with Crippen molar-refractivity contribution in [2.45, 2.75) is 44.3 Å². The summed E-state index contributed by atoms with van der Waals surface area (Å²) in [6, 6.07) is 6.94. The largest absolute Gasteiger partial charge is 0.418 e. The minimum atomic E-state index is -4.56. The number of nitrogens with one attached hydrogen (secondary N) is 3. The zero-order valence-electron chi connectivity index (χ0n) is 17.8. The molecule has 0 amide bonds. The van der Waals surface area contributed by atoms with Crippen LogP contribution < -0.4 is 21.0 Å². The second kappa shape index (κ2) is 11.1. The molecular weight excluding hydrogens is 423 g/mol. The second-order valence-electron chi connectivity index (χ2n) is 7.95. The molecule has 1 saturated heterocycles. The summed E-state index contributed by atoms with van der Waals surface area (Å²) in [6.45, 7) is 3.88. The Morgan fingerprint density at radius 3 is 2.38 bits per heavy atom. The number of benzene rings is 1. The standard InChI is InChI=1S/C13H15F3N2O.C9H13N3O/c14-13(15,16)11-8-10(6-7-12(11)18-19)17-9-4-2-1-3-5-9;13-8-1-2-11-9(7-8)12-5-3-10-4-6-12/h6-9,17H,1-5H2;1-2,7,10H,3-6H2,(H,11,13). The predicted octanol–water partition coefficient (Wildman–Crippen LogP) is 4.63. The van der Waals surface area contributed by atoms with Crippen molar-refractivity contribution in [1.82, 2.24) is 10.3 Å². The van der Waals surface area contributed by atoms with Gasteiger partial charge in [0.25, 0.3) is 0 Å². The number of halogens is 3. The van der Waals surface area contributed by atoms with Crippen LogP contribution in [-0.4, -0.2) is 37.2 Å². The quantitative estimate of drug-likeness (QED) is 0.590. The number of piperazine rings is 1. The van der Waals surface area contributed by atoms with E-state index in [1.54, 1.807) is 12.3 Å². The number of nitroso groups, excluding NO2 is 1. The van der Waals surface area contributed by atoms with Crippen LogP contribution in [0.3, 0.4) is 0 Å². The van der Waals surface area contributed by atoms with Gasteiger partial charge in [-0.15, -0.1) is 4.91 Å². The highest BCUT2D eigenvalue weighted by molar-refractivity contribution is 5.58. The molecule has 174 valence electrons. The van der Waals surface area contributed by atoms with E-state index >= 15 is 0 Å². The molecule has 1 aromatic heterocycles. The molecule has 1 aromatic carbocycles. The Labute approximate surface area is 184 Å². The van der Waals surface area contributed by atoms with Crippen molar-refractivity contribution >= 4 is 17.2 Å². The molecule has 2 aromatic rings. The minimum Gasteiger partial charge on any atom is -0.382 e. The zero-order valence-corrected chi connectivity index (χ0v) is 17.8. The first kappa shape index (κ1) is 23.8. The maximum atomic E-state index is 12.8. The van der Waals surface area contributed by atoms with Crippen LogP contribution in [0.2, 0.25) is 0 Å². The molecule has 1 aliphatic carbocycles. The second-order valence-corrected chi connectivity index (χ2v) is 7.95. The summed E-state index contributed by atoms with van der Waals surface area (Å²) in [4.78, 5) is 26.7. The molecule has 7 nitrogen and oxygen atoms in total. The lowest BCUT2D eigenvalue weighted by Crippen LogP contribution is -2.44. The fraction of sp³-hybridized carbons (Fsp3) is 0.500. The smallest absolute Gasteiger partial charge is 0.382 e. The van der Waals surface area contributed by atoms with Crippen LogP contribution in [0, 0.1) is 4.91 Å². The molecule has 1 aliphatic heterocycles. The summed E-state index contributed by atoms with van der Waals surface area (Å²) in [6.07, 6.45) is 2.44. The van der Waals surface area contributed by atoms with Crippen molar-refractivity contribution in [3.8, 4) is 0 Å². The third-order valence-electron chi connectivity index (χ3n) is 5.59. The van der Waals surface area contributed by atoms with Crippen molar-refractivity contribution in [2.24, 2.45) is 5.18 Å². The molecule has 2 heterocycles. The van der Waals surface area contributed by atoms with Crippen LogP contribution >= 0.6 is 0 Å². The van der Waals surface area contributed by atoms with Gasteiger partial charge >= 0.3 is 6.18 Å². The van der Waals surface area contributed by atoms with Gasteiger partial charge < -0.3 is 20.5 Å². The predicted molar refractivity (Wildman–Crippen MR) is 120 cm³/mol. The van der Waals surface area contributed by atoms with E-state index in [1.165, 1.54) is 18.6 Å². The van der Waals surface area contributed by atoms with E-state index in [9.17, 15) is 22.9 Å². The lowest BCUT2D eigenvalue weighted by atomic mass is 9.95. The highest BCUT2D eigenvalue weighted by atomic mass is 19.4. The maximum Gasteiger partial charge on any atom is 0.418 e. The van der Waals surface area contributed by atoms with E-state index in [0.717, 1.165) is 69.8 Å². The van der Waals surface area contributed by atoms with Crippen LogP contribution in [0.1, 0.15) is 37.7 Å². The summed E-state index contributed by atoms with van der Waals surface area (Å²) >= 11 is 0. The topological polar surface area (TPSA) is 89.6 Å². The summed E-state index contributed by atoms with van der Waals surface area (Å²) in [7, 11) is 0. The monoisotopic (exact) mass is 451 g/mol. The molecule has 0 bridgehead atoms. The average molecular weight is 451 g/mol. The normalized spacial score (nSPS) is 17.3. The van der Waals surface area contributed by atoms with Gasteiger partial charge in [0.15, 0.2) is 5.43 Å². The number of pyridine rings is 1. The van der Waals surface area contributed by atoms with Crippen molar-refractivity contribution in [3.63, 3.8) is 0 Å². The van der Waals surface area contributed by atoms with Crippen molar-refractivity contribution < 1.29 is 13.2 Å². The molecule has 2 fully saturated rings. The molecule has 0 radical (unpaired) electrons. The van der Waals surface area contributed by atoms with Gasteiger partial charge in [-0.3, -0.25) is 4.79 Å². The number of hydrogen-bond acceptors (Lipinski definition) is 6. The lowest BCUT2D eigenvalue weighted by molar-refractivity contribution is -0.137. The summed E-state index contributed by atoms with van der Waals surface area (Å²) in [5.74, 6) is 0.925. The Morgan fingerprint density at radius 2 is 1.75 bits per heavy atom. The Hall–Kier alpha value is -2.88. The first-order chi connectivity index (χ1) is 15.4. The van der Waals surface area contributed by atoms with E-state index in [-0.39, 0.29) is 11.5 Å². The average Bonchev–Trinajstić information content (AvgIpc) is 2.80. The van der Waals surface area contributed by atoms with Gasteiger partial charge in [-0.25, -0.2) is 0 Å². The van der Waals surface area contributed by atoms with Gasteiger partial charge in [0, 0.05) is 56.2 Å². The molecular formula is C22H28F3N5O2. The highest BCUT2D eigenvalue weighted by Gasteiger charge is 2.34. The number of aromatic nitrogens is 1. The fourth-order valence-corrected chi connectivity index (χ4v) is 3.94. The molecule has 0 atom stereocenters. The number of nitrogens with zero attached hydrogens (tertiary/aromatic N) is 2. The maximum absolute atomic E-state index is 12.8. The molecule has 32 heavy (non-hydrogen) atoms. The molecule has 3 N–H and O–H groups in total. The van der Waals surface area contributed by atoms with Crippen LogP contribution in [-0.2, 0) is 6.18 Å². The SMILES string of the molecule is O=Nc1ccc(NC2CCCCC2)cc1C(F)(F)F.O=c1cc[nH]c(N2CCNCC2)c1. The zero-order chi connectivity index (χ0) is 23.0. The molecule has 0 spiro atoms. The van der Waals surface area contributed by atoms with E-state index in [1.807, 2.05) is 0 Å². The number of hydrogen-bond donors (Lipinski definition) is 3. The number of H-pyrrole nitrogens is 1. The lowest BCUT2D eigenvalue weighted by Gasteiger charge is -2.28. The molecule has 0 unspecified atom stereocenters. The summed E-state index contributed by atoms with van der Waals surface area (Å²) < 4.78 is 38.3. The number of rotatable bonds is 4. The molecule has 4 rings (SSSR count). The van der Waals surface area contributed by atoms with Crippen molar-refractivity contribution in [3.05, 3.63) is 57.2 Å². The fourth-order valence-electron chi connectivity index (χ4n) is 3.94. The molecule has 10 heteroatoms. The first-order valence-electron chi connectivity index (χ1n) is 10.8. The minimum absolute atomic E-state index is 0.0623. The van der Waals surface area contributed by atoms with Crippen LogP contribution in [0.15, 0.2) is 46.5 Å².